The summed E-state index contributed by atoms with van der Waals surface area (Å²) >= 11 is 0. The molecule has 0 spiro atoms. The molecule has 0 radical (unpaired) electrons. The van der Waals surface area contributed by atoms with Gasteiger partial charge >= 0.3 is 5.97 Å². The van der Waals surface area contributed by atoms with Crippen LogP contribution in [0.4, 0.5) is 0 Å². The van der Waals surface area contributed by atoms with E-state index in [4.69, 9.17) is 4.74 Å². The summed E-state index contributed by atoms with van der Waals surface area (Å²) in [6.07, 6.45) is 2.00. The van der Waals surface area contributed by atoms with Gasteiger partial charge in [-0.2, -0.15) is 0 Å². The third-order valence-electron chi connectivity index (χ3n) is 3.26. The van der Waals surface area contributed by atoms with Crippen molar-refractivity contribution in [1.82, 2.24) is 5.32 Å². The van der Waals surface area contributed by atoms with Crippen molar-refractivity contribution in [3.63, 3.8) is 0 Å². The Morgan fingerprint density at radius 1 is 1.47 bits per heavy atom. The number of aromatic hydroxyl groups is 1. The van der Waals surface area contributed by atoms with Crippen LogP contribution in [0, 0.1) is 0 Å². The number of hydrogen-bond acceptors (Lipinski definition) is 4. The Morgan fingerprint density at radius 3 is 2.88 bits per heavy atom. The van der Waals surface area contributed by atoms with Crippen molar-refractivity contribution in [2.24, 2.45) is 0 Å². The first-order valence-electron chi connectivity index (χ1n) is 5.59. The van der Waals surface area contributed by atoms with Crippen LogP contribution in [0.25, 0.3) is 0 Å². The summed E-state index contributed by atoms with van der Waals surface area (Å²) in [5.41, 5.74) is -0.570. The molecule has 0 amide bonds. The van der Waals surface area contributed by atoms with Crippen molar-refractivity contribution in [2.75, 3.05) is 6.61 Å². The molecule has 2 aliphatic rings. The van der Waals surface area contributed by atoms with Crippen LogP contribution in [0.3, 0.4) is 0 Å². The molecule has 5 nitrogen and oxygen atoms in total. The van der Waals surface area contributed by atoms with Gasteiger partial charge in [0.25, 0.3) is 0 Å². The molecular weight excluding hydrogens is 222 g/mol. The van der Waals surface area contributed by atoms with Crippen molar-refractivity contribution >= 4 is 5.97 Å². The molecule has 3 N–H and O–H groups in total. The van der Waals surface area contributed by atoms with Crippen molar-refractivity contribution in [3.05, 3.63) is 23.8 Å². The van der Waals surface area contributed by atoms with Gasteiger partial charge in [-0.15, -0.1) is 0 Å². The average Bonchev–Trinajstić information content (AvgIpc) is 3.01. The number of phenolic OH excluding ortho intramolecular Hbond substituents is 1. The van der Waals surface area contributed by atoms with Crippen molar-refractivity contribution in [2.45, 2.75) is 24.4 Å². The molecule has 1 fully saturated rings. The highest BCUT2D eigenvalue weighted by molar-refractivity contribution is 5.83. The first kappa shape index (κ1) is 10.4. The van der Waals surface area contributed by atoms with Gasteiger partial charge < -0.3 is 14.9 Å². The Balaban J connectivity index is 2.04. The minimum atomic E-state index is -1.16. The fourth-order valence-corrected chi connectivity index (χ4v) is 2.18. The van der Waals surface area contributed by atoms with Gasteiger partial charge in [0.2, 0.25) is 0 Å². The molecule has 1 atom stereocenters. The highest BCUT2D eigenvalue weighted by Crippen LogP contribution is 2.41. The maximum atomic E-state index is 11.5. The number of aliphatic carboxylic acids is 1. The SMILES string of the molecule is O=C(O)C1(NC2CC2)COc2cc(O)ccc21. The fourth-order valence-electron chi connectivity index (χ4n) is 2.18. The topological polar surface area (TPSA) is 78.8 Å². The van der Waals surface area contributed by atoms with Gasteiger partial charge in [0.15, 0.2) is 5.54 Å². The summed E-state index contributed by atoms with van der Waals surface area (Å²) in [5, 5.41) is 21.9. The lowest BCUT2D eigenvalue weighted by Gasteiger charge is -2.24. The molecule has 1 heterocycles. The number of benzene rings is 1. The highest BCUT2D eigenvalue weighted by atomic mass is 16.5. The lowest BCUT2D eigenvalue weighted by molar-refractivity contribution is -0.146. The van der Waals surface area contributed by atoms with Crippen LogP contribution >= 0.6 is 0 Å². The summed E-state index contributed by atoms with van der Waals surface area (Å²) in [4.78, 5) is 11.5. The third-order valence-corrected chi connectivity index (χ3v) is 3.26. The number of hydrogen-bond donors (Lipinski definition) is 3. The smallest absolute Gasteiger partial charge is 0.332 e. The molecule has 0 bridgehead atoms. The summed E-state index contributed by atoms with van der Waals surface area (Å²) in [7, 11) is 0. The highest BCUT2D eigenvalue weighted by Gasteiger charge is 2.50. The van der Waals surface area contributed by atoms with Crippen LogP contribution < -0.4 is 10.1 Å². The predicted molar refractivity (Wildman–Crippen MR) is 59.1 cm³/mol. The third kappa shape index (κ3) is 1.54. The van der Waals surface area contributed by atoms with Crippen LogP contribution in [-0.4, -0.2) is 28.8 Å². The number of rotatable bonds is 3. The molecule has 0 saturated heterocycles. The molecule has 17 heavy (non-hydrogen) atoms. The van der Waals surface area contributed by atoms with Gasteiger partial charge in [-0.1, -0.05) is 0 Å². The second-order valence-corrected chi connectivity index (χ2v) is 4.60. The van der Waals surface area contributed by atoms with Crippen LogP contribution in [0.1, 0.15) is 18.4 Å². The predicted octanol–water partition coefficient (Wildman–Crippen LogP) is 0.817. The number of carbonyl (C=O) groups is 1. The maximum Gasteiger partial charge on any atom is 0.332 e. The standard InChI is InChI=1S/C12H13NO4/c14-8-3-4-9-10(5-8)17-6-12(9,11(15)16)13-7-1-2-7/h3-5,7,13-14H,1-2,6H2,(H,15,16). The fraction of sp³-hybridized carbons (Fsp3) is 0.417. The Kier molecular flexibility index (Phi) is 2.06. The van der Waals surface area contributed by atoms with Gasteiger partial charge in [-0.05, 0) is 25.0 Å². The Morgan fingerprint density at radius 2 is 2.24 bits per heavy atom. The molecule has 1 aromatic rings. The molecule has 1 saturated carbocycles. The van der Waals surface area contributed by atoms with Crippen LogP contribution in [-0.2, 0) is 10.3 Å². The zero-order valence-corrected chi connectivity index (χ0v) is 9.14. The van der Waals surface area contributed by atoms with E-state index in [2.05, 4.69) is 5.32 Å². The molecule has 1 aliphatic heterocycles. The number of carboxylic acid groups (broad SMARTS) is 1. The van der Waals surface area contributed by atoms with E-state index in [1.54, 1.807) is 6.07 Å². The Labute approximate surface area is 98.0 Å². The largest absolute Gasteiger partial charge is 0.508 e. The number of fused-ring (bicyclic) bond motifs is 1. The van der Waals surface area contributed by atoms with E-state index in [-0.39, 0.29) is 18.4 Å². The number of carboxylic acids is 1. The maximum absolute atomic E-state index is 11.5. The van der Waals surface area contributed by atoms with E-state index < -0.39 is 11.5 Å². The van der Waals surface area contributed by atoms with Gasteiger partial charge in [0.05, 0.1) is 0 Å². The minimum Gasteiger partial charge on any atom is -0.508 e. The lowest BCUT2D eigenvalue weighted by Crippen LogP contribution is -2.51. The van der Waals surface area contributed by atoms with E-state index in [1.807, 2.05) is 0 Å². The summed E-state index contributed by atoms with van der Waals surface area (Å²) in [6, 6.07) is 4.81. The van der Waals surface area contributed by atoms with Gasteiger partial charge in [-0.3, -0.25) is 5.32 Å². The van der Waals surface area contributed by atoms with Crippen LogP contribution in [0.2, 0.25) is 0 Å². The van der Waals surface area contributed by atoms with Crippen LogP contribution in [0.15, 0.2) is 18.2 Å². The average molecular weight is 235 g/mol. The quantitative estimate of drug-likeness (QED) is 0.722. The number of nitrogens with one attached hydrogen (secondary N) is 1. The second-order valence-electron chi connectivity index (χ2n) is 4.60. The zero-order valence-electron chi connectivity index (χ0n) is 9.14. The first-order chi connectivity index (χ1) is 8.12. The summed E-state index contributed by atoms with van der Waals surface area (Å²) < 4.78 is 5.38. The van der Waals surface area contributed by atoms with E-state index in [0.29, 0.717) is 11.3 Å². The normalized spacial score (nSPS) is 26.4. The van der Waals surface area contributed by atoms with Crippen LogP contribution in [0.5, 0.6) is 11.5 Å². The summed E-state index contributed by atoms with van der Waals surface area (Å²) in [5.74, 6) is -0.411. The monoisotopic (exact) mass is 235 g/mol. The molecule has 1 aromatic carbocycles. The van der Waals surface area contributed by atoms with E-state index >= 15 is 0 Å². The molecule has 1 aliphatic carbocycles. The van der Waals surface area contributed by atoms with Crippen molar-refractivity contribution in [3.8, 4) is 11.5 Å². The molecule has 5 heteroatoms. The van der Waals surface area contributed by atoms with Crippen molar-refractivity contribution < 1.29 is 19.7 Å². The number of ether oxygens (including phenoxy) is 1. The van der Waals surface area contributed by atoms with E-state index in [0.717, 1.165) is 12.8 Å². The molecule has 1 unspecified atom stereocenters. The lowest BCUT2D eigenvalue weighted by atomic mass is 9.92. The molecular formula is C12H13NO4. The number of phenols is 1. The Hall–Kier alpha value is -1.75. The first-order valence-corrected chi connectivity index (χ1v) is 5.59. The second kappa shape index (κ2) is 3.37. The molecule has 3 rings (SSSR count). The molecule has 0 aromatic heterocycles. The van der Waals surface area contributed by atoms with Gasteiger partial charge in [0, 0.05) is 17.7 Å². The van der Waals surface area contributed by atoms with E-state index in [9.17, 15) is 15.0 Å². The summed E-state index contributed by atoms with van der Waals surface area (Å²) in [6.45, 7) is 0.0671. The van der Waals surface area contributed by atoms with Gasteiger partial charge in [-0.25, -0.2) is 4.79 Å². The Bertz CT molecular complexity index is 483. The van der Waals surface area contributed by atoms with Crippen molar-refractivity contribution in [1.29, 1.82) is 0 Å². The zero-order chi connectivity index (χ0) is 12.0. The molecule has 90 valence electrons. The van der Waals surface area contributed by atoms with E-state index in [1.165, 1.54) is 12.1 Å². The van der Waals surface area contributed by atoms with Gasteiger partial charge in [0.1, 0.15) is 18.1 Å². The minimum absolute atomic E-state index is 0.0671.